The summed E-state index contributed by atoms with van der Waals surface area (Å²) in [6.07, 6.45) is 1.63. The molecular formula is C21H17F3N4O4S. The second-order valence-electron chi connectivity index (χ2n) is 7.73. The smallest absolute Gasteiger partial charge is 0.398 e. The van der Waals surface area contributed by atoms with Crippen molar-refractivity contribution in [1.82, 2.24) is 10.3 Å². The number of sulfone groups is 1. The lowest BCUT2D eigenvalue weighted by atomic mass is 9.90. The summed E-state index contributed by atoms with van der Waals surface area (Å²) < 4.78 is 61.4. The van der Waals surface area contributed by atoms with Crippen LogP contribution in [-0.4, -0.2) is 36.4 Å². The van der Waals surface area contributed by atoms with Crippen LogP contribution in [0.2, 0.25) is 0 Å². The number of halogens is 3. The van der Waals surface area contributed by atoms with Gasteiger partial charge in [-0.3, -0.25) is 9.78 Å². The molecule has 1 aliphatic heterocycles. The number of hydrogen-bond acceptors (Lipinski definition) is 6. The van der Waals surface area contributed by atoms with Gasteiger partial charge in [0.25, 0.3) is 15.7 Å². The van der Waals surface area contributed by atoms with E-state index in [9.17, 15) is 31.2 Å². The molecule has 3 amide bonds. The van der Waals surface area contributed by atoms with E-state index in [1.54, 1.807) is 30.5 Å². The molecule has 33 heavy (non-hydrogen) atoms. The van der Waals surface area contributed by atoms with E-state index < -0.39 is 37.7 Å². The molecule has 3 N–H and O–H groups in total. The fraction of sp³-hybridized carbons (Fsp3) is 0.190. The van der Waals surface area contributed by atoms with Gasteiger partial charge in [0.05, 0.1) is 16.1 Å². The van der Waals surface area contributed by atoms with Crippen molar-refractivity contribution in [2.45, 2.75) is 29.3 Å². The maximum Gasteiger partial charge on any atom is 0.501 e. The Morgan fingerprint density at radius 1 is 1.09 bits per heavy atom. The monoisotopic (exact) mass is 478 g/mol. The molecule has 0 saturated carbocycles. The van der Waals surface area contributed by atoms with Crippen LogP contribution >= 0.6 is 0 Å². The maximum absolute atomic E-state index is 13.2. The number of nitrogens with one attached hydrogen (secondary N) is 1. The minimum Gasteiger partial charge on any atom is -0.398 e. The predicted octanol–water partition coefficient (Wildman–Crippen LogP) is 3.17. The number of nitrogens with zero attached hydrogens (tertiary/aromatic N) is 2. The quantitative estimate of drug-likeness (QED) is 0.439. The van der Waals surface area contributed by atoms with Gasteiger partial charge in [0.1, 0.15) is 5.54 Å². The maximum atomic E-state index is 13.2. The molecule has 2 heterocycles. The number of nitrogen functional groups attached to an aromatic ring is 1. The second kappa shape index (κ2) is 7.44. The van der Waals surface area contributed by atoms with Crippen LogP contribution in [0.4, 0.5) is 29.3 Å². The van der Waals surface area contributed by atoms with E-state index in [0.29, 0.717) is 34.3 Å². The van der Waals surface area contributed by atoms with E-state index >= 15 is 0 Å². The van der Waals surface area contributed by atoms with E-state index in [-0.39, 0.29) is 12.1 Å². The number of anilines is 2. The molecule has 2 aromatic carbocycles. The highest BCUT2D eigenvalue weighted by atomic mass is 32.2. The van der Waals surface area contributed by atoms with E-state index in [0.717, 1.165) is 17.0 Å². The summed E-state index contributed by atoms with van der Waals surface area (Å²) in [7, 11) is -5.55. The molecule has 4 rings (SSSR count). The molecule has 1 saturated heterocycles. The Morgan fingerprint density at radius 3 is 2.39 bits per heavy atom. The van der Waals surface area contributed by atoms with Crippen LogP contribution in [-0.2, 0) is 21.1 Å². The van der Waals surface area contributed by atoms with Crippen LogP contribution in [0.15, 0.2) is 59.6 Å². The SMILES string of the molecule is CC1(Cc2ccnc3cccc(N)c23)NC(=O)N(c2ccc(S(=O)(=O)C(F)(F)F)cc2)C1=O. The lowest BCUT2D eigenvalue weighted by molar-refractivity contribution is -0.121. The number of amides is 3. The molecule has 3 aromatic rings. The lowest BCUT2D eigenvalue weighted by Gasteiger charge is -2.23. The molecular weight excluding hydrogens is 461 g/mol. The highest BCUT2D eigenvalue weighted by Gasteiger charge is 2.49. The number of nitrogens with two attached hydrogens (primary N) is 1. The van der Waals surface area contributed by atoms with Crippen molar-refractivity contribution >= 4 is 44.1 Å². The molecule has 8 nitrogen and oxygen atoms in total. The van der Waals surface area contributed by atoms with Gasteiger partial charge in [-0.25, -0.2) is 18.1 Å². The zero-order valence-electron chi connectivity index (χ0n) is 17.1. The predicted molar refractivity (Wildman–Crippen MR) is 114 cm³/mol. The summed E-state index contributed by atoms with van der Waals surface area (Å²) in [4.78, 5) is 29.8. The summed E-state index contributed by atoms with van der Waals surface area (Å²) in [6.45, 7) is 1.51. The number of imide groups is 1. The summed E-state index contributed by atoms with van der Waals surface area (Å²) in [5.41, 5.74) is 0.900. The lowest BCUT2D eigenvalue weighted by Crippen LogP contribution is -2.46. The van der Waals surface area contributed by atoms with Gasteiger partial charge in [0.15, 0.2) is 0 Å². The zero-order chi connectivity index (χ0) is 24.2. The van der Waals surface area contributed by atoms with Crippen LogP contribution < -0.4 is 16.0 Å². The third kappa shape index (κ3) is 3.65. The topological polar surface area (TPSA) is 122 Å². The number of benzene rings is 2. The molecule has 0 aliphatic carbocycles. The number of carbonyl (C=O) groups is 2. The van der Waals surface area contributed by atoms with Gasteiger partial charge in [-0.15, -0.1) is 0 Å². The zero-order valence-corrected chi connectivity index (χ0v) is 17.9. The molecule has 1 aliphatic rings. The Morgan fingerprint density at radius 2 is 1.76 bits per heavy atom. The first kappa shape index (κ1) is 22.5. The molecule has 1 aromatic heterocycles. The van der Waals surface area contributed by atoms with Crippen LogP contribution in [0.1, 0.15) is 12.5 Å². The largest absolute Gasteiger partial charge is 0.501 e. The molecule has 0 radical (unpaired) electrons. The van der Waals surface area contributed by atoms with Crippen molar-refractivity contribution in [3.05, 3.63) is 60.3 Å². The summed E-state index contributed by atoms with van der Waals surface area (Å²) >= 11 is 0. The van der Waals surface area contributed by atoms with Crippen LogP contribution in [0.25, 0.3) is 10.9 Å². The highest BCUT2D eigenvalue weighted by molar-refractivity contribution is 7.92. The number of alkyl halides is 3. The molecule has 1 unspecified atom stereocenters. The summed E-state index contributed by atoms with van der Waals surface area (Å²) in [6, 6.07) is 9.43. The highest BCUT2D eigenvalue weighted by Crippen LogP contribution is 2.34. The first-order valence-corrected chi connectivity index (χ1v) is 11.0. The van der Waals surface area contributed by atoms with Crippen LogP contribution in [0, 0.1) is 0 Å². The van der Waals surface area contributed by atoms with E-state index in [2.05, 4.69) is 10.3 Å². The third-order valence-corrected chi connectivity index (χ3v) is 6.90. The van der Waals surface area contributed by atoms with E-state index in [1.807, 2.05) is 0 Å². The minimum absolute atomic E-state index is 0.0681. The van der Waals surface area contributed by atoms with Gasteiger partial charge in [-0.05, 0) is 55.0 Å². The summed E-state index contributed by atoms with van der Waals surface area (Å²) in [5.74, 6) is -0.654. The summed E-state index contributed by atoms with van der Waals surface area (Å²) in [5, 5.41) is 3.25. The standard InChI is InChI=1S/C21H17F3N4O4S/c1-20(11-12-9-10-26-16-4-2-3-15(25)17(12)16)18(29)28(19(30)27-20)13-5-7-14(8-6-13)33(31,32)21(22,23)24/h2-10H,11,25H2,1H3,(H,27,30). The van der Waals surface area contributed by atoms with Crippen molar-refractivity contribution in [1.29, 1.82) is 0 Å². The van der Waals surface area contributed by atoms with Crippen LogP contribution in [0.5, 0.6) is 0 Å². The minimum atomic E-state index is -5.55. The van der Waals surface area contributed by atoms with Crippen molar-refractivity contribution in [3.63, 3.8) is 0 Å². The first-order chi connectivity index (χ1) is 15.3. The fourth-order valence-corrected chi connectivity index (χ4v) is 4.54. The Kier molecular flexibility index (Phi) is 5.08. The normalized spacial score (nSPS) is 19.2. The van der Waals surface area contributed by atoms with Gasteiger partial charge < -0.3 is 11.1 Å². The molecule has 172 valence electrons. The fourth-order valence-electron chi connectivity index (χ4n) is 3.78. The van der Waals surface area contributed by atoms with Crippen molar-refractivity contribution in [2.24, 2.45) is 0 Å². The number of aromatic nitrogens is 1. The van der Waals surface area contributed by atoms with Gasteiger partial charge in [0.2, 0.25) is 0 Å². The Labute approximate surface area is 186 Å². The van der Waals surface area contributed by atoms with Gasteiger partial charge >= 0.3 is 11.5 Å². The number of carbonyl (C=O) groups excluding carboxylic acids is 2. The number of hydrogen-bond donors (Lipinski definition) is 2. The molecule has 0 bridgehead atoms. The van der Waals surface area contributed by atoms with Crippen LogP contribution in [0.3, 0.4) is 0 Å². The molecule has 12 heteroatoms. The number of fused-ring (bicyclic) bond motifs is 1. The van der Waals surface area contributed by atoms with Gasteiger partial charge in [-0.2, -0.15) is 13.2 Å². The van der Waals surface area contributed by atoms with Crippen molar-refractivity contribution < 1.29 is 31.2 Å². The Bertz CT molecular complexity index is 1390. The average molecular weight is 478 g/mol. The molecule has 0 spiro atoms. The number of pyridine rings is 1. The molecule has 1 fully saturated rings. The van der Waals surface area contributed by atoms with Gasteiger partial charge in [0, 0.05) is 23.7 Å². The average Bonchev–Trinajstić information content (AvgIpc) is 2.95. The Hall–Kier alpha value is -3.67. The number of rotatable bonds is 4. The van der Waals surface area contributed by atoms with Crippen molar-refractivity contribution in [2.75, 3.05) is 10.6 Å². The van der Waals surface area contributed by atoms with E-state index in [4.69, 9.17) is 5.73 Å². The molecule has 1 atom stereocenters. The van der Waals surface area contributed by atoms with Gasteiger partial charge in [-0.1, -0.05) is 6.07 Å². The first-order valence-electron chi connectivity index (χ1n) is 9.55. The van der Waals surface area contributed by atoms with E-state index in [1.165, 1.54) is 6.92 Å². The Balaban J connectivity index is 1.66. The second-order valence-corrected chi connectivity index (χ2v) is 9.68. The third-order valence-electron chi connectivity index (χ3n) is 5.40. The number of urea groups is 1. The van der Waals surface area contributed by atoms with Crippen molar-refractivity contribution in [3.8, 4) is 0 Å².